The highest BCUT2D eigenvalue weighted by atomic mass is 15.0. The first kappa shape index (κ1) is 8.76. The summed E-state index contributed by atoms with van der Waals surface area (Å²) in [6.07, 6.45) is 5.42. The molecule has 1 aliphatic rings. The van der Waals surface area contributed by atoms with Crippen LogP contribution in [-0.2, 0) is 6.42 Å². The first-order valence-corrected chi connectivity index (χ1v) is 4.70. The highest BCUT2D eigenvalue weighted by Gasteiger charge is 2.08. The van der Waals surface area contributed by atoms with Crippen molar-refractivity contribution in [1.29, 1.82) is 5.26 Å². The van der Waals surface area contributed by atoms with Gasteiger partial charge in [0.1, 0.15) is 5.82 Å². The molecule has 0 aliphatic carbocycles. The van der Waals surface area contributed by atoms with Crippen LogP contribution in [-0.4, -0.2) is 11.5 Å². The molecule has 0 bridgehead atoms. The molecule has 14 heavy (non-hydrogen) atoms. The molecule has 0 amide bonds. The summed E-state index contributed by atoms with van der Waals surface area (Å²) in [5, 5.41) is 11.6. The maximum absolute atomic E-state index is 8.39. The van der Waals surface area contributed by atoms with Gasteiger partial charge in [-0.1, -0.05) is 6.07 Å². The summed E-state index contributed by atoms with van der Waals surface area (Å²) in [7, 11) is 0. The Morgan fingerprint density at radius 1 is 1.50 bits per heavy atom. The zero-order valence-electron chi connectivity index (χ0n) is 7.83. The van der Waals surface area contributed by atoms with Gasteiger partial charge in [-0.15, -0.1) is 0 Å². The number of aromatic nitrogens is 1. The number of anilines is 1. The quantitative estimate of drug-likeness (QED) is 0.680. The molecule has 1 aromatic heterocycles. The van der Waals surface area contributed by atoms with Crippen molar-refractivity contribution in [3.8, 4) is 6.07 Å². The summed E-state index contributed by atoms with van der Waals surface area (Å²) >= 11 is 0. The highest BCUT2D eigenvalue weighted by Crippen LogP contribution is 2.19. The van der Waals surface area contributed by atoms with Gasteiger partial charge in [0.25, 0.3) is 0 Å². The minimum atomic E-state index is 0.833. The molecule has 0 fully saturated rings. The number of aryl methyl sites for hydroxylation is 1. The third kappa shape index (κ3) is 1.74. The number of hydrogen-bond donors (Lipinski definition) is 1. The topological polar surface area (TPSA) is 48.7 Å². The maximum Gasteiger partial charge on any atom is 0.129 e. The van der Waals surface area contributed by atoms with Crippen LogP contribution in [0.3, 0.4) is 0 Å². The van der Waals surface area contributed by atoms with Gasteiger partial charge in [0.2, 0.25) is 0 Å². The molecule has 1 aromatic rings. The summed E-state index contributed by atoms with van der Waals surface area (Å²) in [4.78, 5) is 4.40. The molecule has 3 heteroatoms. The molecule has 70 valence electrons. The van der Waals surface area contributed by atoms with Gasteiger partial charge in [0, 0.05) is 12.6 Å². The average Bonchev–Trinajstić information content (AvgIpc) is 2.26. The molecule has 1 N–H and O–H groups in total. The smallest absolute Gasteiger partial charge is 0.129 e. The van der Waals surface area contributed by atoms with E-state index in [4.69, 9.17) is 5.26 Å². The van der Waals surface area contributed by atoms with Gasteiger partial charge in [-0.2, -0.15) is 5.26 Å². The van der Waals surface area contributed by atoms with Crippen molar-refractivity contribution >= 4 is 11.9 Å². The lowest BCUT2D eigenvalue weighted by Crippen LogP contribution is -2.13. The number of hydrogen-bond acceptors (Lipinski definition) is 3. The number of nitriles is 1. The van der Waals surface area contributed by atoms with Gasteiger partial charge in [-0.25, -0.2) is 4.98 Å². The van der Waals surface area contributed by atoms with E-state index in [0.717, 1.165) is 24.5 Å². The van der Waals surface area contributed by atoms with Gasteiger partial charge in [0.15, 0.2) is 0 Å². The molecule has 2 heterocycles. The van der Waals surface area contributed by atoms with Crippen LogP contribution in [0.4, 0.5) is 5.82 Å². The predicted octanol–water partition coefficient (Wildman–Crippen LogP) is 1.98. The Bertz CT molecular complexity index is 401. The summed E-state index contributed by atoms with van der Waals surface area (Å²) in [6, 6.07) is 5.97. The molecule has 0 radical (unpaired) electrons. The normalized spacial score (nSPS) is 14.5. The number of nitrogens with zero attached hydrogens (tertiary/aromatic N) is 2. The second-order valence-corrected chi connectivity index (χ2v) is 3.24. The van der Waals surface area contributed by atoms with E-state index in [0.29, 0.717) is 0 Å². The third-order valence-corrected chi connectivity index (χ3v) is 2.24. The molecule has 0 saturated carbocycles. The fourth-order valence-corrected chi connectivity index (χ4v) is 1.56. The van der Waals surface area contributed by atoms with Crippen molar-refractivity contribution in [2.45, 2.75) is 12.8 Å². The van der Waals surface area contributed by atoms with Crippen molar-refractivity contribution in [2.75, 3.05) is 11.9 Å². The Morgan fingerprint density at radius 3 is 3.29 bits per heavy atom. The zero-order chi connectivity index (χ0) is 9.80. The standard InChI is InChI=1S/C11H11N3/c12-7-1-4-10-6-5-9-3-2-8-13-11(9)14-10/h1,4-6H,2-3,8H2,(H,13,14). The summed E-state index contributed by atoms with van der Waals surface area (Å²) in [5.74, 6) is 0.969. The average molecular weight is 185 g/mol. The van der Waals surface area contributed by atoms with Gasteiger partial charge in [-0.05, 0) is 30.5 Å². The Hall–Kier alpha value is -1.82. The molecule has 1 aliphatic heterocycles. The van der Waals surface area contributed by atoms with Crippen LogP contribution in [0.15, 0.2) is 18.2 Å². The number of allylic oxidation sites excluding steroid dienone is 1. The van der Waals surface area contributed by atoms with Crippen molar-refractivity contribution < 1.29 is 0 Å². The second-order valence-electron chi connectivity index (χ2n) is 3.24. The number of rotatable bonds is 1. The van der Waals surface area contributed by atoms with Crippen LogP contribution in [0.1, 0.15) is 17.7 Å². The summed E-state index contributed by atoms with van der Waals surface area (Å²) in [5.41, 5.74) is 2.10. The summed E-state index contributed by atoms with van der Waals surface area (Å²) < 4.78 is 0. The van der Waals surface area contributed by atoms with Gasteiger partial charge < -0.3 is 5.32 Å². The number of nitrogens with one attached hydrogen (secondary N) is 1. The molecular formula is C11H11N3. The molecule has 2 rings (SSSR count). The van der Waals surface area contributed by atoms with E-state index in [9.17, 15) is 0 Å². The first-order valence-electron chi connectivity index (χ1n) is 4.70. The van der Waals surface area contributed by atoms with Gasteiger partial charge in [0.05, 0.1) is 11.8 Å². The lowest BCUT2D eigenvalue weighted by molar-refractivity contribution is 0.817. The highest BCUT2D eigenvalue weighted by molar-refractivity contribution is 5.55. The largest absolute Gasteiger partial charge is 0.370 e. The van der Waals surface area contributed by atoms with Crippen LogP contribution < -0.4 is 5.32 Å². The molecule has 0 saturated heterocycles. The minimum absolute atomic E-state index is 0.833. The fraction of sp³-hybridized carbons (Fsp3) is 0.273. The molecule has 0 spiro atoms. The Morgan fingerprint density at radius 2 is 2.43 bits per heavy atom. The lowest BCUT2D eigenvalue weighted by atomic mass is 10.1. The molecule has 3 nitrogen and oxygen atoms in total. The zero-order valence-corrected chi connectivity index (χ0v) is 7.83. The van der Waals surface area contributed by atoms with Crippen molar-refractivity contribution in [3.05, 3.63) is 29.5 Å². The Balaban J connectivity index is 2.30. The maximum atomic E-state index is 8.39. The third-order valence-electron chi connectivity index (χ3n) is 2.24. The minimum Gasteiger partial charge on any atom is -0.370 e. The van der Waals surface area contributed by atoms with E-state index in [2.05, 4.69) is 16.4 Å². The number of fused-ring (bicyclic) bond motifs is 1. The molecule has 0 unspecified atom stereocenters. The molecule has 0 atom stereocenters. The van der Waals surface area contributed by atoms with Crippen molar-refractivity contribution in [3.63, 3.8) is 0 Å². The van der Waals surface area contributed by atoms with E-state index >= 15 is 0 Å². The Labute approximate surface area is 83.1 Å². The summed E-state index contributed by atoms with van der Waals surface area (Å²) in [6.45, 7) is 0.991. The monoisotopic (exact) mass is 185 g/mol. The van der Waals surface area contributed by atoms with Gasteiger partial charge >= 0.3 is 0 Å². The fourth-order valence-electron chi connectivity index (χ4n) is 1.56. The van der Waals surface area contributed by atoms with E-state index in [1.54, 1.807) is 6.08 Å². The van der Waals surface area contributed by atoms with Crippen LogP contribution >= 0.6 is 0 Å². The van der Waals surface area contributed by atoms with E-state index in [1.165, 1.54) is 18.1 Å². The van der Waals surface area contributed by atoms with Crippen LogP contribution in [0.5, 0.6) is 0 Å². The van der Waals surface area contributed by atoms with E-state index < -0.39 is 0 Å². The van der Waals surface area contributed by atoms with Crippen LogP contribution in [0, 0.1) is 11.3 Å². The molecular weight excluding hydrogens is 174 g/mol. The van der Waals surface area contributed by atoms with Crippen molar-refractivity contribution in [2.24, 2.45) is 0 Å². The van der Waals surface area contributed by atoms with E-state index in [1.807, 2.05) is 12.1 Å². The molecule has 0 aromatic carbocycles. The lowest BCUT2D eigenvalue weighted by Gasteiger charge is -2.16. The number of pyridine rings is 1. The van der Waals surface area contributed by atoms with Crippen LogP contribution in [0.25, 0.3) is 6.08 Å². The second kappa shape index (κ2) is 3.93. The van der Waals surface area contributed by atoms with Gasteiger partial charge in [-0.3, -0.25) is 0 Å². The first-order chi connectivity index (χ1) is 6.90. The van der Waals surface area contributed by atoms with Crippen LogP contribution in [0.2, 0.25) is 0 Å². The predicted molar refractivity (Wildman–Crippen MR) is 55.7 cm³/mol. The Kier molecular flexibility index (Phi) is 2.46. The SMILES string of the molecule is N#CC=Cc1ccc2c(n1)NCCC2. The van der Waals surface area contributed by atoms with Crippen molar-refractivity contribution in [1.82, 2.24) is 4.98 Å². The van der Waals surface area contributed by atoms with E-state index in [-0.39, 0.29) is 0 Å².